The van der Waals surface area contributed by atoms with Crippen LogP contribution in [-0.4, -0.2) is 20.6 Å². The van der Waals surface area contributed by atoms with Crippen molar-refractivity contribution in [1.29, 1.82) is 0 Å². The summed E-state index contributed by atoms with van der Waals surface area (Å²) in [5.74, 6) is -0.591. The number of halogens is 1. The number of nitrogens with zero attached hydrogens (tertiary/aromatic N) is 3. The van der Waals surface area contributed by atoms with Crippen LogP contribution in [0, 0.1) is 10.1 Å². The molecule has 0 bridgehead atoms. The lowest BCUT2D eigenvalue weighted by Crippen LogP contribution is -2.19. The molecule has 2 rings (SSSR count). The number of nitrogens with one attached hydrogen (secondary N) is 1. The average Bonchev–Trinajstić information content (AvgIpc) is 2.77. The summed E-state index contributed by atoms with van der Waals surface area (Å²) < 4.78 is 2.06. The highest BCUT2D eigenvalue weighted by atomic mass is 79.9. The summed E-state index contributed by atoms with van der Waals surface area (Å²) in [6, 6.07) is 8.37. The van der Waals surface area contributed by atoms with Gasteiger partial charge in [0.25, 0.3) is 0 Å². The zero-order chi connectivity index (χ0) is 13.8. The van der Waals surface area contributed by atoms with Crippen LogP contribution < -0.4 is 5.32 Å². The molecule has 98 valence electrons. The van der Waals surface area contributed by atoms with E-state index in [-0.39, 0.29) is 18.3 Å². The van der Waals surface area contributed by atoms with Crippen molar-refractivity contribution < 1.29 is 9.72 Å². The minimum absolute atomic E-state index is 0.0830. The minimum atomic E-state index is -0.608. The highest BCUT2D eigenvalue weighted by molar-refractivity contribution is 9.10. The van der Waals surface area contributed by atoms with Crippen LogP contribution in [0.15, 0.2) is 41.0 Å². The van der Waals surface area contributed by atoms with Crippen molar-refractivity contribution in [3.63, 3.8) is 0 Å². The van der Waals surface area contributed by atoms with Crippen LogP contribution in [0.25, 0.3) is 0 Å². The molecular weight excluding hydrogens is 316 g/mol. The van der Waals surface area contributed by atoms with Crippen molar-refractivity contribution in [3.8, 4) is 0 Å². The normalized spacial score (nSPS) is 10.2. The Bertz CT molecular complexity index is 626. The highest BCUT2D eigenvalue weighted by Crippen LogP contribution is 2.15. The average molecular weight is 325 g/mol. The molecule has 1 aromatic carbocycles. The molecule has 1 aromatic heterocycles. The zero-order valence-electron chi connectivity index (χ0n) is 9.62. The molecule has 8 heteroatoms. The second kappa shape index (κ2) is 5.61. The molecule has 7 nitrogen and oxygen atoms in total. The first kappa shape index (κ1) is 13.2. The maximum atomic E-state index is 11.7. The third-order valence-corrected chi connectivity index (χ3v) is 2.72. The SMILES string of the molecule is O=C(Cn1ccc([N+](=O)[O-])n1)Nc1cccc(Br)c1. The first-order valence-electron chi connectivity index (χ1n) is 5.28. The molecular formula is C11H9BrN4O3. The summed E-state index contributed by atoms with van der Waals surface area (Å²) in [4.78, 5) is 21.6. The van der Waals surface area contributed by atoms with Gasteiger partial charge >= 0.3 is 5.82 Å². The van der Waals surface area contributed by atoms with Crippen molar-refractivity contribution in [3.05, 3.63) is 51.1 Å². The first-order valence-corrected chi connectivity index (χ1v) is 6.07. The number of carbonyl (C=O) groups is 1. The summed E-state index contributed by atoms with van der Waals surface area (Å²) in [7, 11) is 0. The third-order valence-electron chi connectivity index (χ3n) is 2.23. The van der Waals surface area contributed by atoms with E-state index >= 15 is 0 Å². The van der Waals surface area contributed by atoms with E-state index in [0.717, 1.165) is 4.47 Å². The van der Waals surface area contributed by atoms with Gasteiger partial charge in [-0.25, -0.2) is 0 Å². The summed E-state index contributed by atoms with van der Waals surface area (Å²) in [5.41, 5.74) is 0.640. The predicted molar refractivity (Wildman–Crippen MR) is 71.7 cm³/mol. The summed E-state index contributed by atoms with van der Waals surface area (Å²) in [6.45, 7) is -0.0830. The molecule has 0 fully saturated rings. The summed E-state index contributed by atoms with van der Waals surface area (Å²) in [6.07, 6.45) is 1.39. The van der Waals surface area contributed by atoms with Crippen molar-refractivity contribution in [2.75, 3.05) is 5.32 Å². The molecule has 19 heavy (non-hydrogen) atoms. The molecule has 0 radical (unpaired) electrons. The maximum absolute atomic E-state index is 11.7. The molecule has 0 unspecified atom stereocenters. The Labute approximate surface area is 116 Å². The molecule has 1 N–H and O–H groups in total. The van der Waals surface area contributed by atoms with Gasteiger partial charge in [-0.2, -0.15) is 4.68 Å². The zero-order valence-corrected chi connectivity index (χ0v) is 11.2. The fourth-order valence-electron chi connectivity index (χ4n) is 1.45. The Morgan fingerprint density at radius 2 is 2.26 bits per heavy atom. The van der Waals surface area contributed by atoms with E-state index in [1.807, 2.05) is 6.07 Å². The van der Waals surface area contributed by atoms with E-state index in [0.29, 0.717) is 5.69 Å². The van der Waals surface area contributed by atoms with Crippen molar-refractivity contribution >= 4 is 33.3 Å². The van der Waals surface area contributed by atoms with E-state index in [1.54, 1.807) is 18.2 Å². The standard InChI is InChI=1S/C11H9BrN4O3/c12-8-2-1-3-9(6-8)13-11(17)7-15-5-4-10(14-15)16(18)19/h1-6H,7H2,(H,13,17). The molecule has 0 saturated carbocycles. The lowest BCUT2D eigenvalue weighted by molar-refractivity contribution is -0.389. The van der Waals surface area contributed by atoms with Crippen LogP contribution in [0.2, 0.25) is 0 Å². The number of carbonyl (C=O) groups excluding carboxylic acids is 1. The highest BCUT2D eigenvalue weighted by Gasteiger charge is 2.13. The number of hydrogen-bond donors (Lipinski definition) is 1. The van der Waals surface area contributed by atoms with Crippen LogP contribution >= 0.6 is 15.9 Å². The second-order valence-electron chi connectivity index (χ2n) is 3.69. The van der Waals surface area contributed by atoms with E-state index in [1.165, 1.54) is 16.9 Å². The Kier molecular flexibility index (Phi) is 3.91. The van der Waals surface area contributed by atoms with Crippen molar-refractivity contribution in [2.24, 2.45) is 0 Å². The van der Waals surface area contributed by atoms with Gasteiger partial charge in [0.2, 0.25) is 5.91 Å². The van der Waals surface area contributed by atoms with Crippen LogP contribution in [0.4, 0.5) is 11.5 Å². The fourth-order valence-corrected chi connectivity index (χ4v) is 1.85. The van der Waals surface area contributed by atoms with Gasteiger partial charge < -0.3 is 15.4 Å². The van der Waals surface area contributed by atoms with Crippen LogP contribution in [0.3, 0.4) is 0 Å². The molecule has 0 spiro atoms. The maximum Gasteiger partial charge on any atom is 0.389 e. The Hall–Kier alpha value is -2.22. The van der Waals surface area contributed by atoms with Gasteiger partial charge in [0, 0.05) is 10.2 Å². The van der Waals surface area contributed by atoms with E-state index < -0.39 is 4.92 Å². The molecule has 1 heterocycles. The van der Waals surface area contributed by atoms with Gasteiger partial charge in [-0.1, -0.05) is 22.0 Å². The molecule has 2 aromatic rings. The number of aromatic nitrogens is 2. The van der Waals surface area contributed by atoms with Gasteiger partial charge in [0.05, 0.1) is 17.4 Å². The van der Waals surface area contributed by atoms with Crippen LogP contribution in [-0.2, 0) is 11.3 Å². The smallest absolute Gasteiger partial charge is 0.358 e. The predicted octanol–water partition coefficient (Wildman–Crippen LogP) is 2.19. The molecule has 1 amide bonds. The minimum Gasteiger partial charge on any atom is -0.358 e. The van der Waals surface area contributed by atoms with Crippen molar-refractivity contribution in [1.82, 2.24) is 9.78 Å². The first-order chi connectivity index (χ1) is 9.04. The van der Waals surface area contributed by atoms with E-state index in [2.05, 4.69) is 26.3 Å². The Balaban J connectivity index is 1.99. The number of benzene rings is 1. The largest absolute Gasteiger partial charge is 0.389 e. The van der Waals surface area contributed by atoms with Gasteiger partial charge in [-0.15, -0.1) is 0 Å². The summed E-state index contributed by atoms with van der Waals surface area (Å²) in [5, 5.41) is 16.8. The molecule has 0 aliphatic carbocycles. The van der Waals surface area contributed by atoms with Crippen LogP contribution in [0.5, 0.6) is 0 Å². The lowest BCUT2D eigenvalue weighted by atomic mass is 10.3. The lowest BCUT2D eigenvalue weighted by Gasteiger charge is -2.04. The van der Waals surface area contributed by atoms with Gasteiger partial charge in [-0.3, -0.25) is 4.79 Å². The summed E-state index contributed by atoms with van der Waals surface area (Å²) >= 11 is 3.29. The number of amides is 1. The fraction of sp³-hybridized carbons (Fsp3) is 0.0909. The molecule has 0 aliphatic heterocycles. The van der Waals surface area contributed by atoms with Crippen molar-refractivity contribution in [2.45, 2.75) is 6.54 Å². The number of rotatable bonds is 4. The number of hydrogen-bond acceptors (Lipinski definition) is 4. The third kappa shape index (κ3) is 3.62. The second-order valence-corrected chi connectivity index (χ2v) is 4.60. The Morgan fingerprint density at radius 1 is 1.47 bits per heavy atom. The number of nitro groups is 1. The quantitative estimate of drug-likeness (QED) is 0.689. The van der Waals surface area contributed by atoms with Gasteiger partial charge in [-0.05, 0) is 23.1 Å². The number of anilines is 1. The van der Waals surface area contributed by atoms with Crippen LogP contribution in [0.1, 0.15) is 0 Å². The van der Waals surface area contributed by atoms with E-state index in [4.69, 9.17) is 0 Å². The molecule has 0 atom stereocenters. The Morgan fingerprint density at radius 3 is 2.89 bits per heavy atom. The monoisotopic (exact) mass is 324 g/mol. The molecule has 0 saturated heterocycles. The van der Waals surface area contributed by atoms with Gasteiger partial charge in [0.1, 0.15) is 6.54 Å². The van der Waals surface area contributed by atoms with E-state index in [9.17, 15) is 14.9 Å². The topological polar surface area (TPSA) is 90.1 Å². The van der Waals surface area contributed by atoms with Gasteiger partial charge in [0.15, 0.2) is 0 Å². The molecule has 0 aliphatic rings.